The van der Waals surface area contributed by atoms with Crippen molar-refractivity contribution in [3.8, 4) is 11.5 Å². The molecule has 1 aromatic carbocycles. The molecule has 5 nitrogen and oxygen atoms in total. The van der Waals surface area contributed by atoms with Gasteiger partial charge in [0.05, 0.1) is 7.11 Å². The third kappa shape index (κ3) is 5.86. The molecule has 0 radical (unpaired) electrons. The van der Waals surface area contributed by atoms with E-state index in [9.17, 15) is 5.11 Å². The van der Waals surface area contributed by atoms with Gasteiger partial charge in [0.15, 0.2) is 11.5 Å². The molecule has 1 unspecified atom stereocenters. The molecule has 0 spiro atoms. The zero-order valence-electron chi connectivity index (χ0n) is 16.2. The highest BCUT2D eigenvalue weighted by molar-refractivity contribution is 5.43. The van der Waals surface area contributed by atoms with Crippen LogP contribution in [-0.4, -0.2) is 67.5 Å². The van der Waals surface area contributed by atoms with Crippen LogP contribution in [-0.2, 0) is 6.54 Å². The van der Waals surface area contributed by atoms with E-state index in [1.807, 2.05) is 6.07 Å². The third-order valence-corrected chi connectivity index (χ3v) is 5.43. The lowest BCUT2D eigenvalue weighted by atomic mass is 10.1. The minimum Gasteiger partial charge on any atom is -0.493 e. The Hall–Kier alpha value is -1.30. The van der Waals surface area contributed by atoms with Crippen LogP contribution < -0.4 is 9.47 Å². The molecule has 2 aliphatic heterocycles. The van der Waals surface area contributed by atoms with Gasteiger partial charge >= 0.3 is 0 Å². The fraction of sp³-hybridized carbons (Fsp3) is 0.714. The van der Waals surface area contributed by atoms with Crippen molar-refractivity contribution in [3.05, 3.63) is 23.8 Å². The van der Waals surface area contributed by atoms with Crippen molar-refractivity contribution in [2.75, 3.05) is 46.4 Å². The highest BCUT2D eigenvalue weighted by atomic mass is 16.5. The first-order chi connectivity index (χ1) is 12.7. The summed E-state index contributed by atoms with van der Waals surface area (Å²) in [6, 6.07) is 6.12. The van der Waals surface area contributed by atoms with Crippen molar-refractivity contribution in [3.63, 3.8) is 0 Å². The van der Waals surface area contributed by atoms with Crippen molar-refractivity contribution in [2.24, 2.45) is 0 Å². The highest BCUT2D eigenvalue weighted by Crippen LogP contribution is 2.29. The number of benzene rings is 1. The van der Waals surface area contributed by atoms with Gasteiger partial charge in [-0.1, -0.05) is 25.3 Å². The zero-order valence-corrected chi connectivity index (χ0v) is 16.2. The van der Waals surface area contributed by atoms with Gasteiger partial charge in [0.25, 0.3) is 0 Å². The van der Waals surface area contributed by atoms with Crippen LogP contribution in [0.4, 0.5) is 0 Å². The molecule has 1 N–H and O–H groups in total. The summed E-state index contributed by atoms with van der Waals surface area (Å²) < 4.78 is 11.4. The van der Waals surface area contributed by atoms with Gasteiger partial charge in [-0.05, 0) is 63.1 Å². The number of aliphatic hydroxyl groups is 1. The van der Waals surface area contributed by atoms with Gasteiger partial charge in [0.2, 0.25) is 0 Å². The molecule has 26 heavy (non-hydrogen) atoms. The van der Waals surface area contributed by atoms with Crippen molar-refractivity contribution >= 4 is 0 Å². The van der Waals surface area contributed by atoms with Crippen LogP contribution in [0.2, 0.25) is 0 Å². The van der Waals surface area contributed by atoms with Crippen LogP contribution in [0.1, 0.15) is 44.1 Å². The number of likely N-dealkylation sites (tertiary alicyclic amines) is 2. The average Bonchev–Trinajstić information content (AvgIpc) is 2.58. The Bertz CT molecular complexity index is 540. The standard InChI is InChI=1S/C21H34N2O3/c1-25-20-9-8-18(15-22-12-7-13-22)14-21(20)26-17-19(24)16-23-10-5-3-2-4-6-11-23/h8-9,14,19,24H,2-7,10-13,15-17H2,1H3. The van der Waals surface area contributed by atoms with E-state index in [0.717, 1.165) is 31.1 Å². The Kier molecular flexibility index (Phi) is 7.59. The fourth-order valence-electron chi connectivity index (χ4n) is 3.76. The Morgan fingerprint density at radius 2 is 1.62 bits per heavy atom. The normalized spacial score (nSPS) is 20.7. The lowest BCUT2D eigenvalue weighted by molar-refractivity contribution is 0.0644. The first kappa shape index (κ1) is 19.5. The van der Waals surface area contributed by atoms with Crippen LogP contribution in [0.5, 0.6) is 11.5 Å². The number of hydrogen-bond donors (Lipinski definition) is 1. The van der Waals surface area contributed by atoms with Crippen LogP contribution in [0.25, 0.3) is 0 Å². The van der Waals surface area contributed by atoms with Gasteiger partial charge in [-0.15, -0.1) is 0 Å². The van der Waals surface area contributed by atoms with Crippen molar-refractivity contribution in [1.82, 2.24) is 9.80 Å². The Balaban J connectivity index is 1.50. The molecule has 146 valence electrons. The second-order valence-corrected chi connectivity index (χ2v) is 7.65. The Morgan fingerprint density at radius 1 is 0.923 bits per heavy atom. The number of hydrogen-bond acceptors (Lipinski definition) is 5. The van der Waals surface area contributed by atoms with Crippen LogP contribution >= 0.6 is 0 Å². The first-order valence-electron chi connectivity index (χ1n) is 10.2. The van der Waals surface area contributed by atoms with Crippen LogP contribution in [0.3, 0.4) is 0 Å². The molecule has 0 aromatic heterocycles. The predicted octanol–water partition coefficient (Wildman–Crippen LogP) is 2.91. The first-order valence-corrected chi connectivity index (χ1v) is 10.2. The van der Waals surface area contributed by atoms with E-state index in [1.54, 1.807) is 7.11 Å². The van der Waals surface area contributed by atoms with Gasteiger partial charge in [-0.2, -0.15) is 0 Å². The Labute approximate surface area is 157 Å². The monoisotopic (exact) mass is 362 g/mol. The molecule has 1 atom stereocenters. The zero-order chi connectivity index (χ0) is 18.2. The molecule has 2 aliphatic rings. The van der Waals surface area contributed by atoms with E-state index in [-0.39, 0.29) is 0 Å². The maximum atomic E-state index is 10.4. The molecule has 2 saturated heterocycles. The summed E-state index contributed by atoms with van der Waals surface area (Å²) in [7, 11) is 1.66. The van der Waals surface area contributed by atoms with Crippen LogP contribution in [0, 0.1) is 0 Å². The van der Waals surface area contributed by atoms with Gasteiger partial charge in [-0.3, -0.25) is 4.90 Å². The fourth-order valence-corrected chi connectivity index (χ4v) is 3.76. The van der Waals surface area contributed by atoms with Gasteiger partial charge in [-0.25, -0.2) is 0 Å². The van der Waals surface area contributed by atoms with Gasteiger partial charge in [0, 0.05) is 13.1 Å². The minimum absolute atomic E-state index is 0.306. The van der Waals surface area contributed by atoms with Crippen molar-refractivity contribution < 1.29 is 14.6 Å². The largest absolute Gasteiger partial charge is 0.493 e. The summed E-state index contributed by atoms with van der Waals surface area (Å²) in [5.41, 5.74) is 1.23. The van der Waals surface area contributed by atoms with E-state index >= 15 is 0 Å². The van der Waals surface area contributed by atoms with E-state index in [1.165, 1.54) is 57.2 Å². The number of rotatable bonds is 8. The predicted molar refractivity (Wildman–Crippen MR) is 104 cm³/mol. The number of methoxy groups -OCH3 is 1. The minimum atomic E-state index is -0.474. The summed E-state index contributed by atoms with van der Waals surface area (Å²) >= 11 is 0. The number of ether oxygens (including phenoxy) is 2. The van der Waals surface area contributed by atoms with Crippen LogP contribution in [0.15, 0.2) is 18.2 Å². The summed E-state index contributed by atoms with van der Waals surface area (Å²) in [4.78, 5) is 4.80. The van der Waals surface area contributed by atoms with E-state index in [2.05, 4.69) is 21.9 Å². The number of β-amino-alcohol motifs (C(OH)–C–C–N with tert-alkyl or cyclic N) is 1. The second kappa shape index (κ2) is 10.1. The van der Waals surface area contributed by atoms with Gasteiger partial charge in [0.1, 0.15) is 12.7 Å². The maximum Gasteiger partial charge on any atom is 0.161 e. The SMILES string of the molecule is COc1ccc(CN2CCC2)cc1OCC(O)CN1CCCCCCC1. The number of nitrogens with zero attached hydrogens (tertiary/aromatic N) is 2. The van der Waals surface area contributed by atoms with Gasteiger partial charge < -0.3 is 19.5 Å². The molecule has 0 bridgehead atoms. The molecule has 2 fully saturated rings. The van der Waals surface area contributed by atoms with E-state index in [0.29, 0.717) is 13.2 Å². The molecular weight excluding hydrogens is 328 g/mol. The molecule has 0 amide bonds. The van der Waals surface area contributed by atoms with Crippen molar-refractivity contribution in [1.29, 1.82) is 0 Å². The topological polar surface area (TPSA) is 45.2 Å². The summed E-state index contributed by atoms with van der Waals surface area (Å²) in [5.74, 6) is 1.47. The molecule has 0 aliphatic carbocycles. The highest BCUT2D eigenvalue weighted by Gasteiger charge is 2.17. The van der Waals surface area contributed by atoms with E-state index < -0.39 is 6.10 Å². The van der Waals surface area contributed by atoms with Crippen molar-refractivity contribution in [2.45, 2.75) is 51.2 Å². The molecule has 1 aromatic rings. The summed E-state index contributed by atoms with van der Waals surface area (Å²) in [5, 5.41) is 10.4. The Morgan fingerprint density at radius 3 is 2.27 bits per heavy atom. The quantitative estimate of drug-likeness (QED) is 0.770. The number of aliphatic hydroxyl groups excluding tert-OH is 1. The summed E-state index contributed by atoms with van der Waals surface area (Å²) in [6.07, 6.45) is 7.27. The molecule has 0 saturated carbocycles. The molecule has 5 heteroatoms. The smallest absolute Gasteiger partial charge is 0.161 e. The second-order valence-electron chi connectivity index (χ2n) is 7.65. The molecular formula is C21H34N2O3. The third-order valence-electron chi connectivity index (χ3n) is 5.43. The lowest BCUT2D eigenvalue weighted by Gasteiger charge is -2.30. The van der Waals surface area contributed by atoms with E-state index in [4.69, 9.17) is 9.47 Å². The molecule has 3 rings (SSSR count). The average molecular weight is 363 g/mol. The summed E-state index contributed by atoms with van der Waals surface area (Å²) in [6.45, 7) is 6.48. The molecule has 2 heterocycles. The lowest BCUT2D eigenvalue weighted by Crippen LogP contribution is -2.37. The maximum absolute atomic E-state index is 10.4.